The summed E-state index contributed by atoms with van der Waals surface area (Å²) in [6.45, 7) is 0. The molecule has 1 N–H and O–H groups in total. The van der Waals surface area contributed by atoms with Crippen molar-refractivity contribution in [3.8, 4) is 11.3 Å². The van der Waals surface area contributed by atoms with Gasteiger partial charge in [-0.2, -0.15) is 0 Å². The van der Waals surface area contributed by atoms with E-state index in [1.807, 2.05) is 18.2 Å². The minimum atomic E-state index is -0.282. The molecular formula is C25H26FN3O. The molecule has 0 atom stereocenters. The van der Waals surface area contributed by atoms with Gasteiger partial charge in [0.2, 0.25) is 0 Å². The Bertz CT molecular complexity index is 983. The number of benzene rings is 2. The summed E-state index contributed by atoms with van der Waals surface area (Å²) in [6.07, 6.45) is 9.88. The fourth-order valence-electron chi connectivity index (χ4n) is 4.05. The average Bonchev–Trinajstić information content (AvgIpc) is 2.80. The zero-order valence-electron chi connectivity index (χ0n) is 17.0. The normalized spacial score (nSPS) is 14.4. The van der Waals surface area contributed by atoms with Gasteiger partial charge in [0.25, 0.3) is 5.91 Å². The van der Waals surface area contributed by atoms with Crippen LogP contribution in [-0.2, 0) is 6.42 Å². The number of hydrogen-bond acceptors (Lipinski definition) is 3. The number of hydrogen-bond donors (Lipinski definition) is 1. The molecular weight excluding hydrogens is 377 g/mol. The van der Waals surface area contributed by atoms with Gasteiger partial charge in [0.05, 0.1) is 17.6 Å². The van der Waals surface area contributed by atoms with Crippen molar-refractivity contribution in [1.82, 2.24) is 9.97 Å². The van der Waals surface area contributed by atoms with Crippen LogP contribution in [0.5, 0.6) is 0 Å². The lowest BCUT2D eigenvalue weighted by molar-refractivity contribution is 0.102. The molecule has 0 unspecified atom stereocenters. The van der Waals surface area contributed by atoms with Gasteiger partial charge in [0, 0.05) is 11.1 Å². The van der Waals surface area contributed by atoms with Crippen molar-refractivity contribution < 1.29 is 9.18 Å². The first-order valence-electron chi connectivity index (χ1n) is 10.7. The topological polar surface area (TPSA) is 54.9 Å². The molecule has 1 aliphatic carbocycles. The lowest BCUT2D eigenvalue weighted by Gasteiger charge is -2.21. The maximum absolute atomic E-state index is 13.3. The fraction of sp³-hybridized carbons (Fsp3) is 0.320. The molecule has 1 aliphatic rings. The minimum absolute atomic E-state index is 0.196. The van der Waals surface area contributed by atoms with Gasteiger partial charge in [-0.1, -0.05) is 50.3 Å². The number of rotatable bonds is 6. The van der Waals surface area contributed by atoms with Gasteiger partial charge in [-0.3, -0.25) is 4.79 Å². The van der Waals surface area contributed by atoms with Crippen LogP contribution in [0.15, 0.2) is 60.8 Å². The standard InChI is InChI=1S/C25H26FN3O/c26-21-14-12-19(13-15-21)23-17-27-24(29-25(30)20-9-5-2-6-10-20)22(28-23)16-11-18-7-3-1-4-8-18/h2,5-6,9-10,12-15,17-18H,1,3-4,7-8,11,16H2,(H,27,29,30). The number of carbonyl (C=O) groups excluding carboxylic acids is 1. The maximum Gasteiger partial charge on any atom is 0.256 e. The molecule has 4 rings (SSSR count). The Labute approximate surface area is 176 Å². The zero-order valence-corrected chi connectivity index (χ0v) is 17.0. The molecule has 1 heterocycles. The van der Waals surface area contributed by atoms with Gasteiger partial charge >= 0.3 is 0 Å². The second-order valence-electron chi connectivity index (χ2n) is 7.92. The molecule has 2 aromatic carbocycles. The van der Waals surface area contributed by atoms with Crippen LogP contribution >= 0.6 is 0 Å². The van der Waals surface area contributed by atoms with Crippen molar-refractivity contribution in [1.29, 1.82) is 0 Å². The number of aryl methyl sites for hydroxylation is 1. The van der Waals surface area contributed by atoms with E-state index in [1.54, 1.807) is 30.5 Å². The van der Waals surface area contributed by atoms with Gasteiger partial charge in [0.1, 0.15) is 5.82 Å². The molecule has 3 aromatic rings. The van der Waals surface area contributed by atoms with Crippen LogP contribution in [0.2, 0.25) is 0 Å². The molecule has 30 heavy (non-hydrogen) atoms. The molecule has 1 saturated carbocycles. The van der Waals surface area contributed by atoms with Crippen molar-refractivity contribution in [2.75, 3.05) is 5.32 Å². The highest BCUT2D eigenvalue weighted by Crippen LogP contribution is 2.29. The van der Waals surface area contributed by atoms with E-state index in [2.05, 4.69) is 10.3 Å². The van der Waals surface area contributed by atoms with Gasteiger partial charge in [0.15, 0.2) is 5.82 Å². The van der Waals surface area contributed by atoms with E-state index < -0.39 is 0 Å². The Morgan fingerprint density at radius 3 is 2.47 bits per heavy atom. The van der Waals surface area contributed by atoms with Crippen LogP contribution < -0.4 is 5.32 Å². The van der Waals surface area contributed by atoms with E-state index >= 15 is 0 Å². The Kier molecular flexibility index (Phi) is 6.47. The third-order valence-electron chi connectivity index (χ3n) is 5.77. The number of amides is 1. The summed E-state index contributed by atoms with van der Waals surface area (Å²) in [5.74, 6) is 0.729. The zero-order chi connectivity index (χ0) is 20.8. The summed E-state index contributed by atoms with van der Waals surface area (Å²) in [5, 5.41) is 2.93. The number of nitrogens with one attached hydrogen (secondary N) is 1. The number of aromatic nitrogens is 2. The first-order chi connectivity index (χ1) is 14.7. The predicted octanol–water partition coefficient (Wildman–Crippen LogP) is 6.05. The summed E-state index contributed by atoms with van der Waals surface area (Å²) in [5.41, 5.74) is 2.86. The first-order valence-corrected chi connectivity index (χ1v) is 10.7. The van der Waals surface area contributed by atoms with E-state index in [1.165, 1.54) is 44.2 Å². The van der Waals surface area contributed by atoms with Crippen LogP contribution in [0, 0.1) is 11.7 Å². The highest BCUT2D eigenvalue weighted by Gasteiger charge is 2.17. The number of carbonyl (C=O) groups is 1. The lowest BCUT2D eigenvalue weighted by Crippen LogP contribution is -2.16. The Balaban J connectivity index is 1.58. The largest absolute Gasteiger partial charge is 0.305 e. The number of nitrogens with zero attached hydrogens (tertiary/aromatic N) is 2. The highest BCUT2D eigenvalue weighted by atomic mass is 19.1. The third-order valence-corrected chi connectivity index (χ3v) is 5.77. The summed E-state index contributed by atoms with van der Waals surface area (Å²) >= 11 is 0. The van der Waals surface area contributed by atoms with Gasteiger partial charge < -0.3 is 5.32 Å². The van der Waals surface area contributed by atoms with Gasteiger partial charge in [-0.25, -0.2) is 14.4 Å². The molecule has 1 fully saturated rings. The molecule has 0 aliphatic heterocycles. The number of halogens is 1. The Morgan fingerprint density at radius 1 is 1.00 bits per heavy atom. The summed E-state index contributed by atoms with van der Waals surface area (Å²) in [6, 6.07) is 15.3. The average molecular weight is 404 g/mol. The van der Waals surface area contributed by atoms with Crippen LogP contribution in [0.1, 0.15) is 54.6 Å². The van der Waals surface area contributed by atoms with Crippen molar-refractivity contribution >= 4 is 11.7 Å². The van der Waals surface area contributed by atoms with Crippen molar-refractivity contribution in [3.05, 3.63) is 77.9 Å². The molecule has 4 nitrogen and oxygen atoms in total. The molecule has 0 saturated heterocycles. The molecule has 0 radical (unpaired) electrons. The highest BCUT2D eigenvalue weighted by molar-refractivity contribution is 6.04. The van der Waals surface area contributed by atoms with Gasteiger partial charge in [-0.15, -0.1) is 0 Å². The molecule has 154 valence electrons. The third kappa shape index (κ3) is 5.09. The van der Waals surface area contributed by atoms with Crippen LogP contribution in [0.4, 0.5) is 10.2 Å². The van der Waals surface area contributed by atoms with E-state index in [4.69, 9.17) is 4.98 Å². The molecule has 0 spiro atoms. The summed E-state index contributed by atoms with van der Waals surface area (Å²) in [7, 11) is 0. The molecule has 5 heteroatoms. The van der Waals surface area contributed by atoms with E-state index in [-0.39, 0.29) is 11.7 Å². The van der Waals surface area contributed by atoms with Gasteiger partial charge in [-0.05, 0) is 55.2 Å². The molecule has 0 bridgehead atoms. The number of anilines is 1. The SMILES string of the molecule is O=C(Nc1ncc(-c2ccc(F)cc2)nc1CCC1CCCCC1)c1ccccc1. The second kappa shape index (κ2) is 9.61. The van der Waals surface area contributed by atoms with E-state index in [9.17, 15) is 9.18 Å². The van der Waals surface area contributed by atoms with Crippen LogP contribution in [0.3, 0.4) is 0 Å². The first kappa shape index (κ1) is 20.2. The van der Waals surface area contributed by atoms with E-state index in [0.717, 1.165) is 24.1 Å². The van der Waals surface area contributed by atoms with E-state index in [0.29, 0.717) is 23.0 Å². The Hall–Kier alpha value is -3.08. The smallest absolute Gasteiger partial charge is 0.256 e. The quantitative estimate of drug-likeness (QED) is 0.545. The minimum Gasteiger partial charge on any atom is -0.305 e. The van der Waals surface area contributed by atoms with Crippen molar-refractivity contribution in [2.24, 2.45) is 5.92 Å². The molecule has 1 amide bonds. The van der Waals surface area contributed by atoms with Crippen LogP contribution in [0.25, 0.3) is 11.3 Å². The predicted molar refractivity (Wildman–Crippen MR) is 117 cm³/mol. The van der Waals surface area contributed by atoms with Crippen LogP contribution in [-0.4, -0.2) is 15.9 Å². The van der Waals surface area contributed by atoms with Crippen molar-refractivity contribution in [3.63, 3.8) is 0 Å². The maximum atomic E-state index is 13.3. The van der Waals surface area contributed by atoms with Crippen molar-refractivity contribution in [2.45, 2.75) is 44.9 Å². The summed E-state index contributed by atoms with van der Waals surface area (Å²) in [4.78, 5) is 22.0. The Morgan fingerprint density at radius 2 is 1.73 bits per heavy atom. The second-order valence-corrected chi connectivity index (χ2v) is 7.92. The lowest BCUT2D eigenvalue weighted by atomic mass is 9.86. The molecule has 1 aromatic heterocycles. The monoisotopic (exact) mass is 403 g/mol. The summed E-state index contributed by atoms with van der Waals surface area (Å²) < 4.78 is 13.3. The fourth-order valence-corrected chi connectivity index (χ4v) is 4.05.